The van der Waals surface area contributed by atoms with Crippen molar-refractivity contribution in [1.29, 1.82) is 0 Å². The first-order valence-electron chi connectivity index (χ1n) is 5.57. The number of hydrogen-bond acceptors (Lipinski definition) is 2. The van der Waals surface area contributed by atoms with Crippen molar-refractivity contribution in [3.8, 4) is 5.75 Å². The maximum Gasteiger partial charge on any atom is 0.336 e. The van der Waals surface area contributed by atoms with Gasteiger partial charge in [-0.2, -0.15) is 0 Å². The molecule has 0 amide bonds. The van der Waals surface area contributed by atoms with E-state index in [1.165, 1.54) is 18.2 Å². The van der Waals surface area contributed by atoms with E-state index in [1.807, 2.05) is 0 Å². The fraction of sp³-hybridized carbons (Fsp3) is 0.0714. The van der Waals surface area contributed by atoms with Gasteiger partial charge in [0, 0.05) is 11.6 Å². The molecule has 1 N–H and O–H groups in total. The molecule has 0 fully saturated rings. The van der Waals surface area contributed by atoms with E-state index in [2.05, 4.69) is 0 Å². The summed E-state index contributed by atoms with van der Waals surface area (Å²) in [5.41, 5.74) is 0.0914. The first-order chi connectivity index (χ1) is 9.47. The highest BCUT2D eigenvalue weighted by molar-refractivity contribution is 6.30. The number of carboxylic acids is 1. The maximum atomic E-state index is 13.2. The molecule has 2 rings (SSSR count). The molecular formula is C14H9ClF2O3. The van der Waals surface area contributed by atoms with Gasteiger partial charge < -0.3 is 9.84 Å². The topological polar surface area (TPSA) is 46.5 Å². The molecule has 0 aliphatic heterocycles. The van der Waals surface area contributed by atoms with E-state index < -0.39 is 17.6 Å². The van der Waals surface area contributed by atoms with E-state index >= 15 is 0 Å². The van der Waals surface area contributed by atoms with Gasteiger partial charge in [0.1, 0.15) is 24.0 Å². The molecule has 0 atom stereocenters. The van der Waals surface area contributed by atoms with E-state index in [-0.39, 0.29) is 28.5 Å². The summed E-state index contributed by atoms with van der Waals surface area (Å²) < 4.78 is 31.5. The van der Waals surface area contributed by atoms with Crippen LogP contribution in [0.4, 0.5) is 8.78 Å². The molecule has 0 aliphatic carbocycles. The molecule has 0 saturated heterocycles. The second-order valence-electron chi connectivity index (χ2n) is 3.97. The monoisotopic (exact) mass is 298 g/mol. The second-order valence-corrected chi connectivity index (χ2v) is 4.38. The maximum absolute atomic E-state index is 13.2. The average Bonchev–Trinajstić information content (AvgIpc) is 2.41. The highest BCUT2D eigenvalue weighted by atomic mass is 35.5. The van der Waals surface area contributed by atoms with Crippen molar-refractivity contribution < 1.29 is 23.4 Å². The molecule has 0 aromatic heterocycles. The number of carbonyl (C=O) groups is 1. The van der Waals surface area contributed by atoms with Gasteiger partial charge in [-0.1, -0.05) is 17.7 Å². The molecule has 104 valence electrons. The molecule has 3 nitrogen and oxygen atoms in total. The lowest BCUT2D eigenvalue weighted by molar-refractivity contribution is 0.0693. The Morgan fingerprint density at radius 1 is 1.20 bits per heavy atom. The second kappa shape index (κ2) is 5.88. The number of halogens is 3. The van der Waals surface area contributed by atoms with Gasteiger partial charge in [-0.15, -0.1) is 0 Å². The van der Waals surface area contributed by atoms with Crippen LogP contribution in [0.2, 0.25) is 5.02 Å². The molecule has 0 saturated carbocycles. The van der Waals surface area contributed by atoms with Crippen LogP contribution in [0.25, 0.3) is 0 Å². The van der Waals surface area contributed by atoms with Crippen molar-refractivity contribution in [1.82, 2.24) is 0 Å². The molecule has 6 heteroatoms. The highest BCUT2D eigenvalue weighted by Crippen LogP contribution is 2.22. The minimum Gasteiger partial charge on any atom is -0.489 e. The number of hydrogen-bond donors (Lipinski definition) is 1. The van der Waals surface area contributed by atoms with Gasteiger partial charge in [-0.25, -0.2) is 13.6 Å². The van der Waals surface area contributed by atoms with Crippen molar-refractivity contribution in [2.45, 2.75) is 6.61 Å². The Morgan fingerprint density at radius 2 is 1.95 bits per heavy atom. The van der Waals surface area contributed by atoms with Crippen LogP contribution >= 0.6 is 11.6 Å². The largest absolute Gasteiger partial charge is 0.489 e. The van der Waals surface area contributed by atoms with Gasteiger partial charge in [-0.05, 0) is 24.3 Å². The van der Waals surface area contributed by atoms with Crippen molar-refractivity contribution in [2.75, 3.05) is 0 Å². The Bertz CT molecular complexity index is 659. The fourth-order valence-corrected chi connectivity index (χ4v) is 1.72. The molecule has 0 heterocycles. The lowest BCUT2D eigenvalue weighted by Crippen LogP contribution is -2.06. The molecule has 20 heavy (non-hydrogen) atoms. The predicted octanol–water partition coefficient (Wildman–Crippen LogP) is 3.90. The fourth-order valence-electron chi connectivity index (χ4n) is 1.60. The molecule has 0 spiro atoms. The quantitative estimate of drug-likeness (QED) is 0.931. The zero-order valence-electron chi connectivity index (χ0n) is 10.1. The normalized spacial score (nSPS) is 10.3. The molecule has 2 aromatic rings. The average molecular weight is 299 g/mol. The van der Waals surface area contributed by atoms with Crippen LogP contribution in [-0.4, -0.2) is 11.1 Å². The summed E-state index contributed by atoms with van der Waals surface area (Å²) in [6, 6.07) is 7.22. The van der Waals surface area contributed by atoms with Gasteiger partial charge in [0.25, 0.3) is 0 Å². The van der Waals surface area contributed by atoms with Crippen LogP contribution in [-0.2, 0) is 6.61 Å². The molecule has 0 radical (unpaired) electrons. The first kappa shape index (κ1) is 14.3. The van der Waals surface area contributed by atoms with E-state index in [1.54, 1.807) is 0 Å². The zero-order chi connectivity index (χ0) is 14.7. The predicted molar refractivity (Wildman–Crippen MR) is 69.1 cm³/mol. The van der Waals surface area contributed by atoms with Crippen LogP contribution in [0.1, 0.15) is 15.9 Å². The van der Waals surface area contributed by atoms with Gasteiger partial charge >= 0.3 is 5.97 Å². The smallest absolute Gasteiger partial charge is 0.336 e. The molecule has 0 aliphatic rings. The Balaban J connectivity index is 2.18. The number of aromatic carboxylic acids is 1. The standard InChI is InChI=1S/C14H9ClF2O3/c15-12-4-3-10(6-13(12)17)20-7-8-1-2-9(16)5-11(8)14(18)19/h1-6H,7H2,(H,18,19). The summed E-state index contributed by atoms with van der Waals surface area (Å²) in [5.74, 6) is -2.34. The third-order valence-corrected chi connectivity index (χ3v) is 2.89. The third-order valence-electron chi connectivity index (χ3n) is 2.59. The van der Waals surface area contributed by atoms with Gasteiger partial charge in [0.2, 0.25) is 0 Å². The van der Waals surface area contributed by atoms with Crippen LogP contribution in [0.15, 0.2) is 36.4 Å². The summed E-state index contributed by atoms with van der Waals surface area (Å²) in [7, 11) is 0. The van der Waals surface area contributed by atoms with E-state index in [0.29, 0.717) is 0 Å². The zero-order valence-corrected chi connectivity index (χ0v) is 10.8. The molecular weight excluding hydrogens is 290 g/mol. The molecule has 2 aromatic carbocycles. The number of benzene rings is 2. The van der Waals surface area contributed by atoms with Crippen molar-refractivity contribution in [3.05, 3.63) is 64.2 Å². The van der Waals surface area contributed by atoms with Crippen molar-refractivity contribution in [2.24, 2.45) is 0 Å². The van der Waals surface area contributed by atoms with E-state index in [4.69, 9.17) is 21.4 Å². The SMILES string of the molecule is O=C(O)c1cc(F)ccc1COc1ccc(Cl)c(F)c1. The van der Waals surface area contributed by atoms with E-state index in [9.17, 15) is 13.6 Å². The van der Waals surface area contributed by atoms with Crippen molar-refractivity contribution in [3.63, 3.8) is 0 Å². The van der Waals surface area contributed by atoms with Gasteiger partial charge in [0.05, 0.1) is 10.6 Å². The number of ether oxygens (including phenoxy) is 1. The molecule has 0 unspecified atom stereocenters. The Labute approximate surface area is 118 Å². The van der Waals surface area contributed by atoms with Crippen LogP contribution in [0.3, 0.4) is 0 Å². The summed E-state index contributed by atoms with van der Waals surface area (Å²) in [6.45, 7) is -0.122. The van der Waals surface area contributed by atoms with Gasteiger partial charge in [-0.3, -0.25) is 0 Å². The third kappa shape index (κ3) is 3.24. The minimum atomic E-state index is -1.26. The van der Waals surface area contributed by atoms with Crippen LogP contribution in [0, 0.1) is 11.6 Å². The van der Waals surface area contributed by atoms with Crippen LogP contribution < -0.4 is 4.74 Å². The van der Waals surface area contributed by atoms with Crippen LogP contribution in [0.5, 0.6) is 5.75 Å². The lowest BCUT2D eigenvalue weighted by atomic mass is 10.1. The van der Waals surface area contributed by atoms with Gasteiger partial charge in [0.15, 0.2) is 0 Å². The summed E-state index contributed by atoms with van der Waals surface area (Å²) in [4.78, 5) is 11.0. The number of rotatable bonds is 4. The summed E-state index contributed by atoms with van der Waals surface area (Å²) >= 11 is 5.53. The summed E-state index contributed by atoms with van der Waals surface area (Å²) in [6.07, 6.45) is 0. The Kier molecular flexibility index (Phi) is 4.20. The first-order valence-corrected chi connectivity index (χ1v) is 5.95. The Hall–Kier alpha value is -2.14. The lowest BCUT2D eigenvalue weighted by Gasteiger charge is -2.09. The summed E-state index contributed by atoms with van der Waals surface area (Å²) in [5, 5.41) is 8.93. The minimum absolute atomic E-state index is 0.0367. The highest BCUT2D eigenvalue weighted by Gasteiger charge is 2.12. The Morgan fingerprint density at radius 3 is 2.60 bits per heavy atom. The molecule has 0 bridgehead atoms. The van der Waals surface area contributed by atoms with E-state index in [0.717, 1.165) is 18.2 Å². The number of carboxylic acid groups (broad SMARTS) is 1. The van der Waals surface area contributed by atoms with Crippen molar-refractivity contribution >= 4 is 17.6 Å².